The zero-order valence-electron chi connectivity index (χ0n) is 16.6. The quantitative estimate of drug-likeness (QED) is 0.745. The van der Waals surface area contributed by atoms with Gasteiger partial charge < -0.3 is 23.8 Å². The minimum atomic E-state index is -0.489. The van der Waals surface area contributed by atoms with E-state index in [1.807, 2.05) is 24.0 Å². The van der Waals surface area contributed by atoms with E-state index in [2.05, 4.69) is 4.98 Å². The Morgan fingerprint density at radius 1 is 1.14 bits per heavy atom. The molecule has 1 aromatic carbocycles. The predicted molar refractivity (Wildman–Crippen MR) is 106 cm³/mol. The summed E-state index contributed by atoms with van der Waals surface area (Å²) < 4.78 is 23.1. The molecule has 2 aromatic rings. The number of benzene rings is 1. The number of rotatable bonds is 6. The number of likely N-dealkylation sites (tertiary alicyclic amines) is 1. The minimum absolute atomic E-state index is 0.0161. The lowest BCUT2D eigenvalue weighted by atomic mass is 10.0. The number of hydrogen-bond donors (Lipinski definition) is 0. The summed E-state index contributed by atoms with van der Waals surface area (Å²) in [4.78, 5) is 18.9. The number of piperidine rings is 1. The smallest absolute Gasteiger partial charge is 0.253 e. The fraction of sp³-hybridized carbons (Fsp3) is 0.455. The molecule has 7 nitrogen and oxygen atoms in total. The van der Waals surface area contributed by atoms with Crippen LogP contribution < -0.4 is 9.47 Å². The summed E-state index contributed by atoms with van der Waals surface area (Å²) in [6.45, 7) is 5.27. The van der Waals surface area contributed by atoms with Crippen molar-refractivity contribution in [2.24, 2.45) is 0 Å². The summed E-state index contributed by atoms with van der Waals surface area (Å²) in [7, 11) is 0. The Morgan fingerprint density at radius 2 is 1.93 bits per heavy atom. The highest BCUT2D eigenvalue weighted by Crippen LogP contribution is 2.33. The minimum Gasteiger partial charge on any atom is -0.490 e. The van der Waals surface area contributed by atoms with E-state index in [-0.39, 0.29) is 5.91 Å². The molecule has 2 fully saturated rings. The Kier molecular flexibility index (Phi) is 5.97. The standard InChI is InChI=1S/C22H26N2O5/c1-2-26-20-14-18(5-6-19(20)27-16-17-4-3-9-23-15-17)21(25)24-10-7-22(8-11-24)28-12-13-29-22/h3-6,9,14-15H,2,7-8,10-13,16H2,1H3. The zero-order chi connectivity index (χ0) is 20.1. The van der Waals surface area contributed by atoms with Gasteiger partial charge in [0.05, 0.1) is 19.8 Å². The molecule has 0 saturated carbocycles. The fourth-order valence-corrected chi connectivity index (χ4v) is 3.69. The van der Waals surface area contributed by atoms with Crippen molar-refractivity contribution in [2.45, 2.75) is 32.2 Å². The van der Waals surface area contributed by atoms with E-state index in [4.69, 9.17) is 18.9 Å². The van der Waals surface area contributed by atoms with Gasteiger partial charge in [-0.25, -0.2) is 0 Å². The van der Waals surface area contributed by atoms with Crippen LogP contribution in [0.5, 0.6) is 11.5 Å². The molecule has 154 valence electrons. The molecule has 0 bridgehead atoms. The molecule has 29 heavy (non-hydrogen) atoms. The van der Waals surface area contributed by atoms with Crippen molar-refractivity contribution in [1.29, 1.82) is 0 Å². The van der Waals surface area contributed by atoms with Crippen LogP contribution in [0.3, 0.4) is 0 Å². The molecule has 7 heteroatoms. The number of carbonyl (C=O) groups is 1. The first-order valence-corrected chi connectivity index (χ1v) is 10.0. The Balaban J connectivity index is 1.43. The summed E-state index contributed by atoms with van der Waals surface area (Å²) in [5.74, 6) is 0.672. The molecule has 0 radical (unpaired) electrons. The molecular formula is C22H26N2O5. The van der Waals surface area contributed by atoms with Crippen LogP contribution in [0.4, 0.5) is 0 Å². The second kappa shape index (κ2) is 8.80. The van der Waals surface area contributed by atoms with Crippen molar-refractivity contribution in [3.05, 3.63) is 53.9 Å². The van der Waals surface area contributed by atoms with Crippen LogP contribution in [-0.4, -0.2) is 54.5 Å². The second-order valence-corrected chi connectivity index (χ2v) is 7.14. The van der Waals surface area contributed by atoms with E-state index >= 15 is 0 Å². The zero-order valence-corrected chi connectivity index (χ0v) is 16.6. The molecular weight excluding hydrogens is 372 g/mol. The summed E-state index contributed by atoms with van der Waals surface area (Å²) in [5.41, 5.74) is 1.56. The Hall–Kier alpha value is -2.64. The van der Waals surface area contributed by atoms with E-state index in [1.165, 1.54) is 0 Å². The van der Waals surface area contributed by atoms with Gasteiger partial charge in [0.1, 0.15) is 6.61 Å². The number of hydrogen-bond acceptors (Lipinski definition) is 6. The molecule has 1 amide bonds. The largest absolute Gasteiger partial charge is 0.490 e. The van der Waals surface area contributed by atoms with Gasteiger partial charge in [0, 0.05) is 49.5 Å². The van der Waals surface area contributed by atoms with Crippen LogP contribution in [0.25, 0.3) is 0 Å². The first kappa shape index (κ1) is 19.7. The Bertz CT molecular complexity index is 826. The third kappa shape index (κ3) is 4.52. The number of carbonyl (C=O) groups excluding carboxylic acids is 1. The summed E-state index contributed by atoms with van der Waals surface area (Å²) >= 11 is 0. The molecule has 2 aliphatic rings. The third-order valence-corrected chi connectivity index (χ3v) is 5.23. The van der Waals surface area contributed by atoms with Crippen molar-refractivity contribution in [3.8, 4) is 11.5 Å². The summed E-state index contributed by atoms with van der Waals surface area (Å²) in [6.07, 6.45) is 4.88. The highest BCUT2D eigenvalue weighted by molar-refractivity contribution is 5.95. The van der Waals surface area contributed by atoms with Crippen molar-refractivity contribution < 1.29 is 23.7 Å². The monoisotopic (exact) mass is 398 g/mol. The van der Waals surface area contributed by atoms with Crippen LogP contribution in [0.2, 0.25) is 0 Å². The second-order valence-electron chi connectivity index (χ2n) is 7.14. The molecule has 0 atom stereocenters. The van der Waals surface area contributed by atoms with Gasteiger partial charge >= 0.3 is 0 Å². The number of ether oxygens (including phenoxy) is 4. The molecule has 1 spiro atoms. The maximum absolute atomic E-state index is 13.0. The van der Waals surface area contributed by atoms with Gasteiger partial charge in [0.2, 0.25) is 0 Å². The molecule has 2 saturated heterocycles. The Labute approximate surface area is 170 Å². The lowest BCUT2D eigenvalue weighted by Crippen LogP contribution is -2.47. The number of aromatic nitrogens is 1. The average Bonchev–Trinajstić information content (AvgIpc) is 3.22. The highest BCUT2D eigenvalue weighted by Gasteiger charge is 2.40. The van der Waals surface area contributed by atoms with Crippen LogP contribution in [0.1, 0.15) is 35.7 Å². The molecule has 0 N–H and O–H groups in total. The molecule has 1 aromatic heterocycles. The topological polar surface area (TPSA) is 70.1 Å². The SMILES string of the molecule is CCOc1cc(C(=O)N2CCC3(CC2)OCCO3)ccc1OCc1cccnc1. The van der Waals surface area contributed by atoms with Crippen LogP contribution >= 0.6 is 0 Å². The lowest BCUT2D eigenvalue weighted by molar-refractivity contribution is -0.181. The summed E-state index contributed by atoms with van der Waals surface area (Å²) in [6, 6.07) is 9.16. The Morgan fingerprint density at radius 3 is 2.62 bits per heavy atom. The highest BCUT2D eigenvalue weighted by atomic mass is 16.7. The lowest BCUT2D eigenvalue weighted by Gasteiger charge is -2.37. The molecule has 4 rings (SSSR count). The van der Waals surface area contributed by atoms with E-state index < -0.39 is 5.79 Å². The maximum atomic E-state index is 13.0. The van der Waals surface area contributed by atoms with E-state index in [1.54, 1.807) is 30.6 Å². The summed E-state index contributed by atoms with van der Waals surface area (Å²) in [5, 5.41) is 0. The van der Waals surface area contributed by atoms with Crippen LogP contribution in [0, 0.1) is 0 Å². The molecule has 0 unspecified atom stereocenters. The average molecular weight is 398 g/mol. The van der Waals surface area contributed by atoms with Gasteiger partial charge in [-0.15, -0.1) is 0 Å². The van der Waals surface area contributed by atoms with Crippen LogP contribution in [0.15, 0.2) is 42.7 Å². The van der Waals surface area contributed by atoms with Gasteiger partial charge in [0.15, 0.2) is 17.3 Å². The van der Waals surface area contributed by atoms with Crippen molar-refractivity contribution in [3.63, 3.8) is 0 Å². The molecule has 0 aliphatic carbocycles. The van der Waals surface area contributed by atoms with Gasteiger partial charge in [-0.1, -0.05) is 6.07 Å². The van der Waals surface area contributed by atoms with Crippen molar-refractivity contribution in [1.82, 2.24) is 9.88 Å². The van der Waals surface area contributed by atoms with Gasteiger partial charge in [-0.3, -0.25) is 9.78 Å². The van der Waals surface area contributed by atoms with Gasteiger partial charge in [-0.05, 0) is 31.2 Å². The van der Waals surface area contributed by atoms with Crippen molar-refractivity contribution >= 4 is 5.91 Å². The van der Waals surface area contributed by atoms with E-state index in [0.29, 0.717) is 69.4 Å². The normalized spacial score (nSPS) is 18.0. The molecule has 3 heterocycles. The van der Waals surface area contributed by atoms with E-state index in [0.717, 1.165) is 5.56 Å². The number of pyridine rings is 1. The first-order chi connectivity index (χ1) is 14.2. The third-order valence-electron chi connectivity index (χ3n) is 5.23. The molecule has 2 aliphatic heterocycles. The van der Waals surface area contributed by atoms with Gasteiger partial charge in [0.25, 0.3) is 5.91 Å². The predicted octanol–water partition coefficient (Wildman–Crippen LogP) is 3.04. The van der Waals surface area contributed by atoms with E-state index in [9.17, 15) is 4.79 Å². The maximum Gasteiger partial charge on any atom is 0.253 e. The van der Waals surface area contributed by atoms with Crippen molar-refractivity contribution in [2.75, 3.05) is 32.9 Å². The number of amides is 1. The van der Waals surface area contributed by atoms with Crippen LogP contribution in [-0.2, 0) is 16.1 Å². The van der Waals surface area contributed by atoms with Gasteiger partial charge in [-0.2, -0.15) is 0 Å². The first-order valence-electron chi connectivity index (χ1n) is 10.0. The fourth-order valence-electron chi connectivity index (χ4n) is 3.69. The number of nitrogens with zero attached hydrogens (tertiary/aromatic N) is 2.